The number of methoxy groups -OCH3 is 1. The summed E-state index contributed by atoms with van der Waals surface area (Å²) in [6.45, 7) is 2.38. The minimum absolute atomic E-state index is 0.219. The second-order valence-electron chi connectivity index (χ2n) is 3.47. The van der Waals surface area contributed by atoms with Gasteiger partial charge in [0.15, 0.2) is 0 Å². The van der Waals surface area contributed by atoms with Crippen LogP contribution in [0.15, 0.2) is 16.6 Å². The smallest absolute Gasteiger partial charge is 0.124 e. The third-order valence-electron chi connectivity index (χ3n) is 2.25. The van der Waals surface area contributed by atoms with Gasteiger partial charge in [-0.2, -0.15) is 0 Å². The van der Waals surface area contributed by atoms with Crippen molar-refractivity contribution in [3.8, 4) is 5.75 Å². The lowest BCUT2D eigenvalue weighted by Gasteiger charge is -2.15. The van der Waals surface area contributed by atoms with Crippen molar-refractivity contribution in [1.29, 1.82) is 0 Å². The Bertz CT molecular complexity index is 360. The largest absolute Gasteiger partial charge is 0.496 e. The number of hydrogen-bond donors (Lipinski definition) is 2. The zero-order valence-electron chi connectivity index (χ0n) is 9.26. The summed E-state index contributed by atoms with van der Waals surface area (Å²) in [5, 5.41) is 12.5. The topological polar surface area (TPSA) is 41.5 Å². The van der Waals surface area contributed by atoms with Crippen molar-refractivity contribution >= 4 is 33.2 Å². The summed E-state index contributed by atoms with van der Waals surface area (Å²) in [6, 6.07) is 3.84. The Labute approximate surface area is 109 Å². The van der Waals surface area contributed by atoms with E-state index in [9.17, 15) is 5.11 Å². The standard InChI is InChI=1S/C11H15BrClNO2/c1-7-10(14-6-9(15)5-13)3-8(12)4-11(7)16-2/h3-4,9,14-15H,5-6H2,1-2H3. The van der Waals surface area contributed by atoms with Crippen molar-refractivity contribution in [3.63, 3.8) is 0 Å². The fourth-order valence-corrected chi connectivity index (χ4v) is 1.88. The normalized spacial score (nSPS) is 12.3. The summed E-state index contributed by atoms with van der Waals surface area (Å²) in [6.07, 6.45) is -0.550. The average Bonchev–Trinajstić information content (AvgIpc) is 2.29. The van der Waals surface area contributed by atoms with Crippen LogP contribution in [-0.2, 0) is 0 Å². The zero-order chi connectivity index (χ0) is 12.1. The third-order valence-corrected chi connectivity index (χ3v) is 3.07. The number of benzene rings is 1. The molecule has 0 saturated carbocycles. The molecule has 0 aliphatic carbocycles. The molecule has 1 rings (SSSR count). The van der Waals surface area contributed by atoms with Crippen LogP contribution in [0.5, 0.6) is 5.75 Å². The molecule has 0 aromatic heterocycles. The van der Waals surface area contributed by atoms with Gasteiger partial charge in [0.1, 0.15) is 5.75 Å². The fraction of sp³-hybridized carbons (Fsp3) is 0.455. The number of aliphatic hydroxyl groups excluding tert-OH is 1. The minimum Gasteiger partial charge on any atom is -0.496 e. The molecule has 0 heterocycles. The molecule has 0 bridgehead atoms. The molecule has 0 radical (unpaired) electrons. The van der Waals surface area contributed by atoms with E-state index in [1.54, 1.807) is 7.11 Å². The van der Waals surface area contributed by atoms with E-state index in [0.29, 0.717) is 6.54 Å². The van der Waals surface area contributed by atoms with E-state index in [4.69, 9.17) is 16.3 Å². The Kier molecular flexibility index (Phi) is 5.38. The highest BCUT2D eigenvalue weighted by Gasteiger charge is 2.08. The summed E-state index contributed by atoms with van der Waals surface area (Å²) in [7, 11) is 1.63. The maximum atomic E-state index is 9.37. The van der Waals surface area contributed by atoms with Gasteiger partial charge in [0.2, 0.25) is 0 Å². The van der Waals surface area contributed by atoms with Crippen molar-refractivity contribution in [2.75, 3.05) is 24.9 Å². The maximum absolute atomic E-state index is 9.37. The van der Waals surface area contributed by atoms with Gasteiger partial charge in [-0.25, -0.2) is 0 Å². The molecule has 0 amide bonds. The maximum Gasteiger partial charge on any atom is 0.124 e. The molecule has 0 aliphatic heterocycles. The van der Waals surface area contributed by atoms with E-state index in [0.717, 1.165) is 21.5 Å². The predicted molar refractivity (Wildman–Crippen MR) is 70.6 cm³/mol. The molecule has 3 nitrogen and oxygen atoms in total. The first kappa shape index (κ1) is 13.6. The molecule has 1 unspecified atom stereocenters. The molecule has 1 atom stereocenters. The van der Waals surface area contributed by atoms with E-state index < -0.39 is 6.10 Å². The highest BCUT2D eigenvalue weighted by atomic mass is 79.9. The number of nitrogens with one attached hydrogen (secondary N) is 1. The van der Waals surface area contributed by atoms with Gasteiger partial charge in [-0.3, -0.25) is 0 Å². The van der Waals surface area contributed by atoms with Gasteiger partial charge in [0.05, 0.1) is 19.1 Å². The van der Waals surface area contributed by atoms with Crippen LogP contribution in [0.3, 0.4) is 0 Å². The first-order valence-electron chi connectivity index (χ1n) is 4.90. The lowest BCUT2D eigenvalue weighted by Crippen LogP contribution is -2.21. The van der Waals surface area contributed by atoms with Crippen LogP contribution in [0.2, 0.25) is 0 Å². The van der Waals surface area contributed by atoms with Gasteiger partial charge in [-0.15, -0.1) is 11.6 Å². The number of rotatable bonds is 5. The molecule has 1 aromatic carbocycles. The number of halogens is 2. The van der Waals surface area contributed by atoms with E-state index in [1.807, 2.05) is 19.1 Å². The summed E-state index contributed by atoms with van der Waals surface area (Å²) >= 11 is 8.93. The zero-order valence-corrected chi connectivity index (χ0v) is 11.6. The lowest BCUT2D eigenvalue weighted by molar-refractivity contribution is 0.211. The van der Waals surface area contributed by atoms with Gasteiger partial charge in [-0.05, 0) is 19.1 Å². The number of hydrogen-bond acceptors (Lipinski definition) is 3. The molecule has 90 valence electrons. The number of anilines is 1. The van der Waals surface area contributed by atoms with Gasteiger partial charge in [0.25, 0.3) is 0 Å². The molecule has 1 aromatic rings. The molecule has 16 heavy (non-hydrogen) atoms. The first-order valence-corrected chi connectivity index (χ1v) is 6.23. The van der Waals surface area contributed by atoms with Crippen LogP contribution in [0.4, 0.5) is 5.69 Å². The van der Waals surface area contributed by atoms with Gasteiger partial charge in [-0.1, -0.05) is 15.9 Å². The second kappa shape index (κ2) is 6.33. The Balaban J connectivity index is 2.83. The second-order valence-corrected chi connectivity index (χ2v) is 4.69. The Hall–Kier alpha value is -0.450. The van der Waals surface area contributed by atoms with Crippen LogP contribution in [0.25, 0.3) is 0 Å². The third kappa shape index (κ3) is 3.54. The first-order chi connectivity index (χ1) is 7.58. The molecular weight excluding hydrogens is 293 g/mol. The molecule has 0 saturated heterocycles. The highest BCUT2D eigenvalue weighted by Crippen LogP contribution is 2.30. The molecule has 2 N–H and O–H groups in total. The van der Waals surface area contributed by atoms with Crippen LogP contribution < -0.4 is 10.1 Å². The molecule has 5 heteroatoms. The van der Waals surface area contributed by atoms with Crippen molar-refractivity contribution in [2.24, 2.45) is 0 Å². The Morgan fingerprint density at radius 1 is 1.56 bits per heavy atom. The fourth-order valence-electron chi connectivity index (χ4n) is 1.33. The van der Waals surface area contributed by atoms with Crippen molar-refractivity contribution in [1.82, 2.24) is 0 Å². The van der Waals surface area contributed by atoms with Crippen molar-refractivity contribution < 1.29 is 9.84 Å². The van der Waals surface area contributed by atoms with E-state index in [2.05, 4.69) is 21.2 Å². The molecule has 0 aliphatic rings. The Morgan fingerprint density at radius 3 is 2.81 bits per heavy atom. The Morgan fingerprint density at radius 2 is 2.25 bits per heavy atom. The minimum atomic E-state index is -0.550. The average molecular weight is 309 g/mol. The number of alkyl halides is 1. The van der Waals surface area contributed by atoms with Gasteiger partial charge < -0.3 is 15.2 Å². The molecule has 0 fully saturated rings. The summed E-state index contributed by atoms with van der Waals surface area (Å²) in [4.78, 5) is 0. The van der Waals surface area contributed by atoms with Crippen molar-refractivity contribution in [3.05, 3.63) is 22.2 Å². The van der Waals surface area contributed by atoms with E-state index in [-0.39, 0.29) is 5.88 Å². The van der Waals surface area contributed by atoms with Crippen LogP contribution in [0.1, 0.15) is 5.56 Å². The van der Waals surface area contributed by atoms with E-state index in [1.165, 1.54) is 0 Å². The number of aliphatic hydroxyl groups is 1. The lowest BCUT2D eigenvalue weighted by atomic mass is 10.1. The quantitative estimate of drug-likeness (QED) is 0.822. The summed E-state index contributed by atoms with van der Waals surface area (Å²) in [5.41, 5.74) is 1.93. The van der Waals surface area contributed by atoms with Gasteiger partial charge >= 0.3 is 0 Å². The summed E-state index contributed by atoms with van der Waals surface area (Å²) in [5.74, 6) is 1.02. The molecular formula is C11H15BrClNO2. The summed E-state index contributed by atoms with van der Waals surface area (Å²) < 4.78 is 6.17. The predicted octanol–water partition coefficient (Wildman–Crippen LogP) is 2.78. The van der Waals surface area contributed by atoms with Crippen LogP contribution in [-0.4, -0.2) is 30.7 Å². The highest BCUT2D eigenvalue weighted by molar-refractivity contribution is 9.10. The SMILES string of the molecule is COc1cc(Br)cc(NCC(O)CCl)c1C. The van der Waals surface area contributed by atoms with E-state index >= 15 is 0 Å². The van der Waals surface area contributed by atoms with Crippen molar-refractivity contribution in [2.45, 2.75) is 13.0 Å². The monoisotopic (exact) mass is 307 g/mol. The number of ether oxygens (including phenoxy) is 1. The van der Waals surface area contributed by atoms with Crippen LogP contribution >= 0.6 is 27.5 Å². The van der Waals surface area contributed by atoms with Gasteiger partial charge in [0, 0.05) is 22.3 Å². The van der Waals surface area contributed by atoms with Crippen LogP contribution in [0, 0.1) is 6.92 Å². The molecule has 0 spiro atoms.